The maximum absolute atomic E-state index is 12.3. The van der Waals surface area contributed by atoms with Crippen molar-refractivity contribution < 1.29 is 19.5 Å². The maximum atomic E-state index is 12.3. The van der Waals surface area contributed by atoms with Gasteiger partial charge in [-0.25, -0.2) is 4.79 Å². The molecule has 0 saturated carbocycles. The van der Waals surface area contributed by atoms with E-state index in [0.29, 0.717) is 13.0 Å². The van der Waals surface area contributed by atoms with E-state index in [2.05, 4.69) is 20.9 Å². The van der Waals surface area contributed by atoms with E-state index in [-0.39, 0.29) is 30.8 Å². The molecule has 0 unspecified atom stereocenters. The maximum Gasteiger partial charge on any atom is 0.326 e. The first-order valence-electron chi connectivity index (χ1n) is 7.71. The van der Waals surface area contributed by atoms with Gasteiger partial charge in [0.25, 0.3) is 0 Å². The summed E-state index contributed by atoms with van der Waals surface area (Å²) < 4.78 is 0. The Balaban J connectivity index is 4.87. The fourth-order valence-corrected chi connectivity index (χ4v) is 1.95. The highest BCUT2D eigenvalue weighted by molar-refractivity contribution is 5.90. The zero-order chi connectivity index (χ0) is 18.7. The fraction of sp³-hybridized carbons (Fsp3) is 0.714. The van der Waals surface area contributed by atoms with E-state index in [1.54, 1.807) is 20.9 Å². The van der Waals surface area contributed by atoms with Crippen molar-refractivity contribution in [1.82, 2.24) is 16.0 Å². The second-order valence-corrected chi connectivity index (χ2v) is 5.67. The van der Waals surface area contributed by atoms with Gasteiger partial charge in [-0.2, -0.15) is 0 Å². The van der Waals surface area contributed by atoms with Crippen molar-refractivity contribution in [3.63, 3.8) is 0 Å². The Kier molecular flexibility index (Phi) is 10.1. The zero-order valence-electron chi connectivity index (χ0n) is 14.3. The molecular formula is C14H28N6O4. The predicted octanol–water partition coefficient (Wildman–Crippen LogP) is -2.03. The van der Waals surface area contributed by atoms with Crippen LogP contribution in [0.4, 0.5) is 0 Å². The lowest BCUT2D eigenvalue weighted by Gasteiger charge is -2.23. The third kappa shape index (κ3) is 8.93. The lowest BCUT2D eigenvalue weighted by Crippen LogP contribution is -2.54. The number of hydrogen-bond acceptors (Lipinski definition) is 5. The summed E-state index contributed by atoms with van der Waals surface area (Å²) in [6.45, 7) is 3.73. The van der Waals surface area contributed by atoms with Gasteiger partial charge < -0.3 is 32.5 Å². The monoisotopic (exact) mass is 344 g/mol. The molecule has 0 rings (SSSR count). The van der Waals surface area contributed by atoms with Crippen LogP contribution in [0.25, 0.3) is 0 Å². The van der Waals surface area contributed by atoms with Crippen LogP contribution in [0, 0.1) is 5.92 Å². The summed E-state index contributed by atoms with van der Waals surface area (Å²) in [5.41, 5.74) is 10.5. The van der Waals surface area contributed by atoms with Gasteiger partial charge in [0.05, 0.1) is 6.54 Å². The predicted molar refractivity (Wildman–Crippen MR) is 90.2 cm³/mol. The molecule has 0 aromatic heterocycles. The van der Waals surface area contributed by atoms with Crippen LogP contribution in [-0.2, 0) is 14.4 Å². The molecule has 10 nitrogen and oxygen atoms in total. The molecule has 0 radical (unpaired) electrons. The van der Waals surface area contributed by atoms with Crippen molar-refractivity contribution in [2.45, 2.75) is 38.8 Å². The van der Waals surface area contributed by atoms with E-state index < -0.39 is 24.0 Å². The Labute approximate surface area is 141 Å². The average molecular weight is 344 g/mol. The van der Waals surface area contributed by atoms with E-state index in [4.69, 9.17) is 16.6 Å². The van der Waals surface area contributed by atoms with Gasteiger partial charge in [0.2, 0.25) is 11.8 Å². The number of aliphatic carboxylic acids is 1. The van der Waals surface area contributed by atoms with E-state index in [1.807, 2.05) is 0 Å². The minimum atomic E-state index is -1.13. The highest BCUT2D eigenvalue weighted by Gasteiger charge is 2.28. The second-order valence-electron chi connectivity index (χ2n) is 5.67. The molecule has 138 valence electrons. The molecule has 24 heavy (non-hydrogen) atoms. The first-order chi connectivity index (χ1) is 11.2. The second kappa shape index (κ2) is 11.2. The first kappa shape index (κ1) is 21.6. The molecule has 2 amide bonds. The number of nitrogens with one attached hydrogen (secondary N) is 3. The molecule has 0 aromatic carbocycles. The van der Waals surface area contributed by atoms with Crippen LogP contribution in [0.2, 0.25) is 0 Å². The summed E-state index contributed by atoms with van der Waals surface area (Å²) in [4.78, 5) is 39.1. The quantitative estimate of drug-likeness (QED) is 0.142. The Morgan fingerprint density at radius 1 is 1.17 bits per heavy atom. The summed E-state index contributed by atoms with van der Waals surface area (Å²) in [7, 11) is 1.60. The number of amides is 2. The molecule has 0 bridgehead atoms. The van der Waals surface area contributed by atoms with Crippen LogP contribution in [-0.4, -0.2) is 61.1 Å². The Morgan fingerprint density at radius 2 is 1.79 bits per heavy atom. The molecule has 10 heteroatoms. The number of carboxylic acid groups (broad SMARTS) is 1. The topological polar surface area (TPSA) is 172 Å². The van der Waals surface area contributed by atoms with Crippen LogP contribution >= 0.6 is 0 Å². The van der Waals surface area contributed by atoms with Gasteiger partial charge in [-0.1, -0.05) is 13.8 Å². The minimum absolute atomic E-state index is 0.0459. The molecule has 0 aromatic rings. The van der Waals surface area contributed by atoms with Gasteiger partial charge in [0.1, 0.15) is 12.1 Å². The number of carbonyl (C=O) groups excluding carboxylic acids is 2. The Hall–Kier alpha value is -2.36. The van der Waals surface area contributed by atoms with Crippen LogP contribution in [0.15, 0.2) is 4.99 Å². The van der Waals surface area contributed by atoms with Gasteiger partial charge in [-0.3, -0.25) is 14.6 Å². The van der Waals surface area contributed by atoms with Crippen LogP contribution in [0.1, 0.15) is 26.7 Å². The van der Waals surface area contributed by atoms with Crippen molar-refractivity contribution in [1.29, 1.82) is 0 Å². The normalized spacial score (nSPS) is 13.0. The third-order valence-electron chi connectivity index (χ3n) is 3.16. The number of likely N-dealkylation sites (N-methyl/N-ethyl adjacent to an activating group) is 1. The smallest absolute Gasteiger partial charge is 0.326 e. The summed E-state index contributed by atoms with van der Waals surface area (Å²) >= 11 is 0. The van der Waals surface area contributed by atoms with Gasteiger partial charge >= 0.3 is 5.97 Å². The van der Waals surface area contributed by atoms with E-state index >= 15 is 0 Å². The molecule has 0 saturated heterocycles. The number of hydrogen-bond donors (Lipinski definition) is 6. The molecule has 8 N–H and O–H groups in total. The van der Waals surface area contributed by atoms with Crippen molar-refractivity contribution in [2.24, 2.45) is 22.4 Å². The number of nitrogens with two attached hydrogens (primary N) is 2. The Bertz CT molecular complexity index is 462. The van der Waals surface area contributed by atoms with E-state index in [9.17, 15) is 14.4 Å². The first-order valence-corrected chi connectivity index (χ1v) is 7.71. The summed E-state index contributed by atoms with van der Waals surface area (Å²) in [5.74, 6) is -2.39. The van der Waals surface area contributed by atoms with Gasteiger partial charge in [-0.05, 0) is 25.8 Å². The van der Waals surface area contributed by atoms with Crippen LogP contribution in [0.5, 0.6) is 0 Å². The minimum Gasteiger partial charge on any atom is -0.480 e. The molecule has 0 aliphatic rings. The molecule has 0 aliphatic carbocycles. The molecule has 0 heterocycles. The fourth-order valence-electron chi connectivity index (χ4n) is 1.95. The zero-order valence-corrected chi connectivity index (χ0v) is 14.3. The summed E-state index contributed by atoms with van der Waals surface area (Å²) in [6.07, 6.45) is 0.734. The molecule has 0 fully saturated rings. The van der Waals surface area contributed by atoms with Crippen molar-refractivity contribution in [2.75, 3.05) is 20.1 Å². The molecular weight excluding hydrogens is 316 g/mol. The molecule has 0 aliphatic heterocycles. The number of guanidine groups is 1. The van der Waals surface area contributed by atoms with Crippen LogP contribution in [0.3, 0.4) is 0 Å². The lowest BCUT2D eigenvalue weighted by molar-refractivity contribution is -0.143. The number of aliphatic imine (C=N–C) groups is 1. The number of carboxylic acids is 1. The van der Waals surface area contributed by atoms with Gasteiger partial charge in [0.15, 0.2) is 5.96 Å². The van der Waals surface area contributed by atoms with E-state index in [1.165, 1.54) is 0 Å². The number of nitrogens with zero attached hydrogens (tertiary/aromatic N) is 1. The van der Waals surface area contributed by atoms with E-state index in [0.717, 1.165) is 0 Å². The average Bonchev–Trinajstić information content (AvgIpc) is 2.46. The van der Waals surface area contributed by atoms with Gasteiger partial charge in [-0.15, -0.1) is 0 Å². The van der Waals surface area contributed by atoms with Gasteiger partial charge in [0, 0.05) is 6.54 Å². The summed E-state index contributed by atoms with van der Waals surface area (Å²) in [6, 6.07) is -1.89. The van der Waals surface area contributed by atoms with Crippen LogP contribution < -0.4 is 27.4 Å². The molecule has 2 atom stereocenters. The molecule has 0 spiro atoms. The largest absolute Gasteiger partial charge is 0.480 e. The number of carbonyl (C=O) groups is 3. The highest BCUT2D eigenvalue weighted by atomic mass is 16.4. The third-order valence-corrected chi connectivity index (χ3v) is 3.16. The van der Waals surface area contributed by atoms with Crippen molar-refractivity contribution >= 4 is 23.7 Å². The SMILES string of the molecule is CNCC(=O)N[C@@H](CCCN=C(N)N)C(=O)N[C@H](C(=O)O)C(C)C. The lowest BCUT2D eigenvalue weighted by atomic mass is 10.0. The highest BCUT2D eigenvalue weighted by Crippen LogP contribution is 2.05. The van der Waals surface area contributed by atoms with Crippen molar-refractivity contribution in [3.8, 4) is 0 Å². The standard InChI is InChI=1S/C14H28N6O4/c1-8(2)11(13(23)24)20-12(22)9(19-10(21)7-17-3)5-4-6-18-14(15)16/h8-9,11,17H,4-7H2,1-3H3,(H,19,21)(H,20,22)(H,23,24)(H4,15,16,18)/t9-,11-/m0/s1. The Morgan fingerprint density at radius 3 is 2.25 bits per heavy atom. The van der Waals surface area contributed by atoms with Crippen molar-refractivity contribution in [3.05, 3.63) is 0 Å². The number of rotatable bonds is 11. The summed E-state index contributed by atoms with van der Waals surface area (Å²) in [5, 5.41) is 16.9.